The van der Waals surface area contributed by atoms with E-state index in [1.807, 2.05) is 11.9 Å². The molecule has 0 saturated carbocycles. The van der Waals surface area contributed by atoms with Crippen molar-refractivity contribution in [2.45, 2.75) is 13.8 Å². The van der Waals surface area contributed by atoms with Crippen molar-refractivity contribution in [3.05, 3.63) is 17.8 Å². The van der Waals surface area contributed by atoms with E-state index in [0.717, 1.165) is 12.2 Å². The second-order valence-electron chi connectivity index (χ2n) is 4.26. The first-order chi connectivity index (χ1) is 7.52. The van der Waals surface area contributed by atoms with Crippen LogP contribution in [0.25, 0.3) is 5.70 Å². The third-order valence-electron chi connectivity index (χ3n) is 2.75. The monoisotopic (exact) mass is 221 g/mol. The van der Waals surface area contributed by atoms with Gasteiger partial charge in [-0.1, -0.05) is 13.8 Å². The lowest BCUT2D eigenvalue weighted by Gasteiger charge is -2.27. The van der Waals surface area contributed by atoms with Gasteiger partial charge in [0.25, 0.3) is 0 Å². The van der Waals surface area contributed by atoms with Crippen LogP contribution in [0.5, 0.6) is 0 Å². The number of anilines is 1. The largest absolute Gasteiger partial charge is 0.477 e. The van der Waals surface area contributed by atoms with E-state index in [1.54, 1.807) is 4.68 Å². The number of hydrogen-bond donors (Lipinski definition) is 1. The number of likely N-dealkylation sites (N-methyl/N-ethyl adjacent to an activating group) is 1. The van der Waals surface area contributed by atoms with E-state index in [4.69, 9.17) is 5.11 Å². The summed E-state index contributed by atoms with van der Waals surface area (Å²) >= 11 is 0. The summed E-state index contributed by atoms with van der Waals surface area (Å²) in [5.74, 6) is 0.0609. The van der Waals surface area contributed by atoms with Gasteiger partial charge >= 0.3 is 5.97 Å². The minimum Gasteiger partial charge on any atom is -0.477 e. The molecule has 2 heterocycles. The number of aromatic nitrogens is 2. The lowest BCUT2D eigenvalue weighted by atomic mass is 10.1. The van der Waals surface area contributed by atoms with Gasteiger partial charge in [0, 0.05) is 19.3 Å². The molecule has 1 aliphatic heterocycles. The first-order valence-electron chi connectivity index (χ1n) is 5.25. The number of fused-ring (bicyclic) bond motifs is 1. The predicted octanol–water partition coefficient (Wildman–Crippen LogP) is 1.53. The predicted molar refractivity (Wildman–Crippen MR) is 61.6 cm³/mol. The van der Waals surface area contributed by atoms with E-state index in [-0.39, 0.29) is 5.56 Å². The van der Waals surface area contributed by atoms with Crippen LogP contribution in [-0.2, 0) is 0 Å². The molecule has 0 amide bonds. The van der Waals surface area contributed by atoms with Crippen molar-refractivity contribution >= 4 is 17.5 Å². The molecule has 0 spiro atoms. The highest BCUT2D eigenvalue weighted by Crippen LogP contribution is 2.29. The molecule has 0 unspecified atom stereocenters. The van der Waals surface area contributed by atoms with Crippen LogP contribution in [0.3, 0.4) is 0 Å². The summed E-state index contributed by atoms with van der Waals surface area (Å²) < 4.78 is 1.72. The maximum Gasteiger partial charge on any atom is 0.341 e. The van der Waals surface area contributed by atoms with Crippen LogP contribution in [0.2, 0.25) is 0 Å². The number of carbonyl (C=O) groups is 1. The van der Waals surface area contributed by atoms with Crippen LogP contribution in [0.4, 0.5) is 5.82 Å². The number of allylic oxidation sites excluding steroid dienone is 1. The minimum atomic E-state index is -0.932. The Labute approximate surface area is 94.0 Å². The Bertz CT molecular complexity index is 460. The van der Waals surface area contributed by atoms with Gasteiger partial charge in [0.1, 0.15) is 11.4 Å². The number of hydrogen-bond acceptors (Lipinski definition) is 3. The molecule has 0 aromatic carbocycles. The summed E-state index contributed by atoms with van der Waals surface area (Å²) in [6.45, 7) is 4.87. The van der Waals surface area contributed by atoms with Crippen molar-refractivity contribution in [1.82, 2.24) is 9.78 Å². The summed E-state index contributed by atoms with van der Waals surface area (Å²) in [5.41, 5.74) is 1.31. The average Bonchev–Trinajstić information content (AvgIpc) is 2.62. The zero-order chi connectivity index (χ0) is 11.9. The molecular weight excluding hydrogens is 206 g/mol. The number of nitrogens with zero attached hydrogens (tertiary/aromatic N) is 3. The molecule has 0 atom stereocenters. The summed E-state index contributed by atoms with van der Waals surface area (Å²) in [7, 11) is 1.87. The fourth-order valence-electron chi connectivity index (χ4n) is 1.93. The zero-order valence-electron chi connectivity index (χ0n) is 9.64. The molecule has 0 aliphatic carbocycles. The Morgan fingerprint density at radius 2 is 2.25 bits per heavy atom. The van der Waals surface area contributed by atoms with Gasteiger partial charge < -0.3 is 10.0 Å². The maximum absolute atomic E-state index is 11.1. The summed E-state index contributed by atoms with van der Waals surface area (Å²) in [6, 6.07) is 0. The highest BCUT2D eigenvalue weighted by molar-refractivity contribution is 5.94. The fraction of sp³-hybridized carbons (Fsp3) is 0.455. The second-order valence-corrected chi connectivity index (χ2v) is 4.26. The molecule has 86 valence electrons. The SMILES string of the molecule is CC(C)C1=CCN(C)c2c(C(=O)O)cnn21. The normalized spacial score (nSPS) is 15.0. The van der Waals surface area contributed by atoms with Gasteiger partial charge in [0.05, 0.1) is 6.20 Å². The molecule has 5 nitrogen and oxygen atoms in total. The lowest BCUT2D eigenvalue weighted by Crippen LogP contribution is -2.28. The molecule has 0 fully saturated rings. The molecule has 1 aromatic rings. The Hall–Kier alpha value is -1.78. The molecule has 0 saturated heterocycles. The number of rotatable bonds is 2. The zero-order valence-corrected chi connectivity index (χ0v) is 9.64. The molecule has 0 bridgehead atoms. The Morgan fingerprint density at radius 1 is 1.56 bits per heavy atom. The molecule has 1 N–H and O–H groups in total. The van der Waals surface area contributed by atoms with Gasteiger partial charge in [0.15, 0.2) is 0 Å². The smallest absolute Gasteiger partial charge is 0.341 e. The maximum atomic E-state index is 11.1. The van der Waals surface area contributed by atoms with E-state index < -0.39 is 5.97 Å². The van der Waals surface area contributed by atoms with Crippen LogP contribution >= 0.6 is 0 Å². The van der Waals surface area contributed by atoms with Gasteiger partial charge in [-0.3, -0.25) is 0 Å². The fourth-order valence-corrected chi connectivity index (χ4v) is 1.93. The third-order valence-corrected chi connectivity index (χ3v) is 2.75. The molecule has 0 radical (unpaired) electrons. The average molecular weight is 221 g/mol. The van der Waals surface area contributed by atoms with E-state index in [2.05, 4.69) is 25.0 Å². The van der Waals surface area contributed by atoms with Crippen molar-refractivity contribution in [3.8, 4) is 0 Å². The van der Waals surface area contributed by atoms with Gasteiger partial charge in [-0.05, 0) is 12.0 Å². The topological polar surface area (TPSA) is 58.4 Å². The molecule has 5 heteroatoms. The Balaban J connectivity index is 2.56. The number of carboxylic acid groups (broad SMARTS) is 1. The van der Waals surface area contributed by atoms with E-state index in [1.165, 1.54) is 6.20 Å². The van der Waals surface area contributed by atoms with Crippen molar-refractivity contribution in [2.75, 3.05) is 18.5 Å². The second kappa shape index (κ2) is 3.66. The highest BCUT2D eigenvalue weighted by atomic mass is 16.4. The van der Waals surface area contributed by atoms with Gasteiger partial charge in [-0.15, -0.1) is 0 Å². The number of carboxylic acids is 1. The minimum absolute atomic E-state index is 0.258. The molecule has 1 aliphatic rings. The van der Waals surface area contributed by atoms with Crippen LogP contribution in [0.1, 0.15) is 24.2 Å². The van der Waals surface area contributed by atoms with Crippen LogP contribution in [0.15, 0.2) is 12.3 Å². The van der Waals surface area contributed by atoms with E-state index in [9.17, 15) is 4.79 Å². The molecule has 16 heavy (non-hydrogen) atoms. The third kappa shape index (κ3) is 1.48. The summed E-state index contributed by atoms with van der Waals surface area (Å²) in [4.78, 5) is 12.9. The van der Waals surface area contributed by atoms with Crippen molar-refractivity contribution < 1.29 is 9.90 Å². The van der Waals surface area contributed by atoms with E-state index in [0.29, 0.717) is 11.7 Å². The first-order valence-corrected chi connectivity index (χ1v) is 5.25. The lowest BCUT2D eigenvalue weighted by molar-refractivity contribution is 0.0697. The Kier molecular flexibility index (Phi) is 2.46. The van der Waals surface area contributed by atoms with Gasteiger partial charge in [0.2, 0.25) is 0 Å². The number of aromatic carboxylic acids is 1. The van der Waals surface area contributed by atoms with Crippen molar-refractivity contribution in [3.63, 3.8) is 0 Å². The van der Waals surface area contributed by atoms with E-state index >= 15 is 0 Å². The van der Waals surface area contributed by atoms with Crippen LogP contribution < -0.4 is 4.90 Å². The first kappa shape index (κ1) is 10.7. The van der Waals surface area contributed by atoms with Gasteiger partial charge in [-0.25, -0.2) is 9.48 Å². The molecular formula is C11H15N3O2. The molecule has 1 aromatic heterocycles. The highest BCUT2D eigenvalue weighted by Gasteiger charge is 2.25. The molecule has 2 rings (SSSR count). The van der Waals surface area contributed by atoms with Crippen LogP contribution in [-0.4, -0.2) is 34.4 Å². The standard InChI is InChI=1S/C11H15N3O2/c1-7(2)9-4-5-13(3)10-8(11(15)16)6-12-14(9)10/h4,6-7H,5H2,1-3H3,(H,15,16). The summed E-state index contributed by atoms with van der Waals surface area (Å²) in [6.07, 6.45) is 3.49. The van der Waals surface area contributed by atoms with Crippen molar-refractivity contribution in [1.29, 1.82) is 0 Å². The van der Waals surface area contributed by atoms with Crippen molar-refractivity contribution in [2.24, 2.45) is 5.92 Å². The summed E-state index contributed by atoms with van der Waals surface area (Å²) in [5, 5.41) is 13.2. The van der Waals surface area contributed by atoms with Gasteiger partial charge in [-0.2, -0.15) is 5.10 Å². The van der Waals surface area contributed by atoms with Crippen LogP contribution in [0, 0.1) is 5.92 Å². The Morgan fingerprint density at radius 3 is 2.81 bits per heavy atom. The quantitative estimate of drug-likeness (QED) is 0.822.